The van der Waals surface area contributed by atoms with Crippen LogP contribution in [-0.4, -0.2) is 27.8 Å². The van der Waals surface area contributed by atoms with Gasteiger partial charge in [-0.25, -0.2) is 4.68 Å². The lowest BCUT2D eigenvalue weighted by Crippen LogP contribution is -2.05. The summed E-state index contributed by atoms with van der Waals surface area (Å²) in [6, 6.07) is 26.7. The topological polar surface area (TPSA) is 69.0 Å². The Morgan fingerprint density at radius 2 is 1.78 bits per heavy atom. The molecule has 2 aromatic heterocycles. The van der Waals surface area contributed by atoms with Gasteiger partial charge in [0.25, 0.3) is 6.47 Å². The molecule has 0 aliphatic heterocycles. The fraction of sp³-hybridized carbons (Fsp3) is 0.0800. The van der Waals surface area contributed by atoms with Crippen molar-refractivity contribution in [1.29, 1.82) is 0 Å². The number of fused-ring (bicyclic) bond motifs is 1. The van der Waals surface area contributed by atoms with Crippen molar-refractivity contribution in [2.24, 2.45) is 0 Å². The highest BCUT2D eigenvalue weighted by Crippen LogP contribution is 2.33. The predicted octanol–water partition coefficient (Wildman–Crippen LogP) is 5.34. The van der Waals surface area contributed by atoms with Gasteiger partial charge in [-0.2, -0.15) is 10.1 Å². The molecule has 0 saturated heterocycles. The fourth-order valence-corrected chi connectivity index (χ4v) is 4.32. The summed E-state index contributed by atoms with van der Waals surface area (Å²) >= 11 is 1.37. The number of thiazole rings is 1. The monoisotopic (exact) mass is 440 g/mol. The second-order valence-corrected chi connectivity index (χ2v) is 8.04. The molecular weight excluding hydrogens is 420 g/mol. The number of nitrogens with zero attached hydrogens (tertiary/aromatic N) is 3. The third kappa shape index (κ3) is 4.10. The number of nitrogens with one attached hydrogen (secondary N) is 1. The molecule has 5 aromatic rings. The summed E-state index contributed by atoms with van der Waals surface area (Å²) in [4.78, 5) is 15.1. The molecule has 0 unspecified atom stereocenters. The molecule has 1 N–H and O–H groups in total. The van der Waals surface area contributed by atoms with Crippen LogP contribution in [0.3, 0.4) is 0 Å². The maximum atomic E-state index is 10.7. The van der Waals surface area contributed by atoms with E-state index in [-0.39, 0.29) is 5.88 Å². The maximum Gasteiger partial charge on any atom is 0.299 e. The molecule has 2 heterocycles. The molecule has 0 bridgehead atoms. The third-order valence-electron chi connectivity index (χ3n) is 5.13. The van der Waals surface area contributed by atoms with Crippen molar-refractivity contribution in [2.45, 2.75) is 6.42 Å². The normalized spacial score (nSPS) is 10.9. The van der Waals surface area contributed by atoms with E-state index in [1.54, 1.807) is 5.38 Å². The molecule has 3 aromatic carbocycles. The number of hydrogen-bond acceptors (Lipinski definition) is 6. The average Bonchev–Trinajstić information content (AvgIpc) is 3.45. The standard InChI is InChI=1S/C25H20N4O2S/c30-17-31-23-16-32-25(27-23)29-22-15-20(26-14-13-18-7-3-1-4-8-18)11-12-21(22)24(28-29)19-9-5-2-6-10-19/h1-12,15-17,26H,13-14H2. The first-order valence-corrected chi connectivity index (χ1v) is 11.1. The molecule has 0 atom stereocenters. The fourth-order valence-electron chi connectivity index (χ4n) is 3.63. The quantitative estimate of drug-likeness (QED) is 0.330. The summed E-state index contributed by atoms with van der Waals surface area (Å²) in [6.45, 7) is 1.20. The van der Waals surface area contributed by atoms with Gasteiger partial charge in [0.1, 0.15) is 5.69 Å². The Morgan fingerprint density at radius 3 is 2.56 bits per heavy atom. The number of ether oxygens (including phenoxy) is 1. The Labute approximate surface area is 189 Å². The van der Waals surface area contributed by atoms with Gasteiger partial charge in [-0.3, -0.25) is 4.79 Å². The van der Waals surface area contributed by atoms with E-state index in [1.807, 2.05) is 41.1 Å². The zero-order chi connectivity index (χ0) is 21.8. The van der Waals surface area contributed by atoms with Gasteiger partial charge < -0.3 is 10.1 Å². The van der Waals surface area contributed by atoms with Gasteiger partial charge >= 0.3 is 0 Å². The highest BCUT2D eigenvalue weighted by Gasteiger charge is 2.16. The first kappa shape index (κ1) is 20.0. The summed E-state index contributed by atoms with van der Waals surface area (Å²) in [5.41, 5.74) is 5.14. The maximum absolute atomic E-state index is 10.7. The minimum Gasteiger partial charge on any atom is -0.409 e. The molecule has 32 heavy (non-hydrogen) atoms. The highest BCUT2D eigenvalue weighted by atomic mass is 32.1. The van der Waals surface area contributed by atoms with Crippen molar-refractivity contribution in [3.05, 3.63) is 89.8 Å². The van der Waals surface area contributed by atoms with Crippen molar-refractivity contribution in [3.63, 3.8) is 0 Å². The predicted molar refractivity (Wildman–Crippen MR) is 128 cm³/mol. The van der Waals surface area contributed by atoms with Crippen molar-refractivity contribution in [3.8, 4) is 22.3 Å². The molecule has 158 valence electrons. The minimum atomic E-state index is 0.266. The average molecular weight is 441 g/mol. The van der Waals surface area contributed by atoms with Crippen LogP contribution in [0.1, 0.15) is 5.56 Å². The third-order valence-corrected chi connectivity index (χ3v) is 5.93. The van der Waals surface area contributed by atoms with Crippen molar-refractivity contribution in [1.82, 2.24) is 14.8 Å². The molecule has 0 aliphatic carbocycles. The number of carbonyl (C=O) groups is 1. The number of benzene rings is 3. The van der Waals surface area contributed by atoms with E-state index in [0.717, 1.165) is 40.8 Å². The molecule has 0 radical (unpaired) electrons. The SMILES string of the molecule is O=COc1csc(-n2nc(-c3ccccc3)c3ccc(NCCc4ccccc4)cc32)n1. The van der Waals surface area contributed by atoms with Crippen LogP contribution >= 0.6 is 11.3 Å². The molecule has 5 rings (SSSR count). The van der Waals surface area contributed by atoms with E-state index in [0.29, 0.717) is 11.6 Å². The highest BCUT2D eigenvalue weighted by molar-refractivity contribution is 7.12. The van der Waals surface area contributed by atoms with E-state index >= 15 is 0 Å². The Bertz CT molecular complexity index is 1350. The lowest BCUT2D eigenvalue weighted by Gasteiger charge is -2.07. The number of anilines is 1. The van der Waals surface area contributed by atoms with Gasteiger partial charge in [0.15, 0.2) is 0 Å². The number of hydrogen-bond donors (Lipinski definition) is 1. The molecular formula is C25H20N4O2S. The largest absolute Gasteiger partial charge is 0.409 e. The Morgan fingerprint density at radius 1 is 1.00 bits per heavy atom. The van der Waals surface area contributed by atoms with Gasteiger partial charge in [0.05, 0.1) is 10.9 Å². The second-order valence-electron chi connectivity index (χ2n) is 7.20. The van der Waals surface area contributed by atoms with E-state index in [4.69, 9.17) is 9.84 Å². The first-order valence-electron chi connectivity index (χ1n) is 10.2. The van der Waals surface area contributed by atoms with Crippen LogP contribution < -0.4 is 10.1 Å². The van der Waals surface area contributed by atoms with E-state index in [9.17, 15) is 4.79 Å². The Kier molecular flexibility index (Phi) is 5.63. The van der Waals surface area contributed by atoms with E-state index < -0.39 is 0 Å². The van der Waals surface area contributed by atoms with Crippen LogP contribution in [-0.2, 0) is 11.2 Å². The first-order chi connectivity index (χ1) is 15.8. The molecule has 0 spiro atoms. The zero-order valence-corrected chi connectivity index (χ0v) is 18.0. The van der Waals surface area contributed by atoms with Crippen LogP contribution in [0.2, 0.25) is 0 Å². The van der Waals surface area contributed by atoms with Crippen molar-refractivity contribution in [2.75, 3.05) is 11.9 Å². The molecule has 6 nitrogen and oxygen atoms in total. The Hall–Kier alpha value is -3.97. The summed E-state index contributed by atoms with van der Waals surface area (Å²) in [5, 5.41) is 11.7. The smallest absolute Gasteiger partial charge is 0.299 e. The van der Waals surface area contributed by atoms with Gasteiger partial charge in [-0.15, -0.1) is 0 Å². The lowest BCUT2D eigenvalue weighted by molar-refractivity contribution is -0.120. The van der Waals surface area contributed by atoms with Gasteiger partial charge in [0, 0.05) is 23.2 Å². The molecule has 7 heteroatoms. The van der Waals surface area contributed by atoms with Crippen LogP contribution in [0.25, 0.3) is 27.3 Å². The van der Waals surface area contributed by atoms with E-state index in [1.165, 1.54) is 16.9 Å². The van der Waals surface area contributed by atoms with Crippen molar-refractivity contribution >= 4 is 34.4 Å². The summed E-state index contributed by atoms with van der Waals surface area (Å²) in [6.07, 6.45) is 0.937. The van der Waals surface area contributed by atoms with Gasteiger partial charge in [-0.05, 0) is 30.2 Å². The van der Waals surface area contributed by atoms with Gasteiger partial charge in [-0.1, -0.05) is 72.0 Å². The summed E-state index contributed by atoms with van der Waals surface area (Å²) in [5.74, 6) is 0.266. The number of carbonyl (C=O) groups excluding carboxylic acids is 1. The van der Waals surface area contributed by atoms with Crippen LogP contribution in [0.15, 0.2) is 84.2 Å². The molecule has 0 amide bonds. The molecule has 0 fully saturated rings. The molecule has 0 saturated carbocycles. The van der Waals surface area contributed by atoms with Gasteiger partial charge in [0.2, 0.25) is 11.0 Å². The molecule has 0 aliphatic rings. The van der Waals surface area contributed by atoms with Crippen LogP contribution in [0.4, 0.5) is 5.69 Å². The van der Waals surface area contributed by atoms with E-state index in [2.05, 4.69) is 52.8 Å². The Balaban J connectivity index is 1.51. The zero-order valence-electron chi connectivity index (χ0n) is 17.1. The lowest BCUT2D eigenvalue weighted by atomic mass is 10.1. The van der Waals surface area contributed by atoms with Crippen LogP contribution in [0, 0.1) is 0 Å². The number of rotatable bonds is 8. The summed E-state index contributed by atoms with van der Waals surface area (Å²) in [7, 11) is 0. The number of aromatic nitrogens is 3. The summed E-state index contributed by atoms with van der Waals surface area (Å²) < 4.78 is 6.70. The van der Waals surface area contributed by atoms with Crippen LogP contribution in [0.5, 0.6) is 5.88 Å². The second kappa shape index (κ2) is 9.03. The minimum absolute atomic E-state index is 0.266. The van der Waals surface area contributed by atoms with Crippen molar-refractivity contribution < 1.29 is 9.53 Å².